The van der Waals surface area contributed by atoms with Crippen molar-refractivity contribution in [1.82, 2.24) is 5.32 Å². The molecule has 0 aromatic heterocycles. The predicted molar refractivity (Wildman–Crippen MR) is 82.3 cm³/mol. The molecule has 0 aliphatic heterocycles. The molecule has 1 saturated carbocycles. The number of nitro benzene ring substituents is 1. The van der Waals surface area contributed by atoms with Gasteiger partial charge in [-0.2, -0.15) is 0 Å². The van der Waals surface area contributed by atoms with Crippen molar-refractivity contribution in [2.24, 2.45) is 0 Å². The smallest absolute Gasteiger partial charge is 0.269 e. The molecule has 5 heteroatoms. The molecule has 1 atom stereocenters. The van der Waals surface area contributed by atoms with Gasteiger partial charge in [-0.05, 0) is 24.8 Å². The number of hydrogen-bond acceptors (Lipinski definition) is 4. The maximum absolute atomic E-state index is 10.8. The lowest BCUT2D eigenvalue weighted by molar-refractivity contribution is -0.384. The molecule has 1 aromatic carbocycles. The SMILES string of the molecule is CCC(NCCOC1CCCC1)c1cccc([N+](=O)[O-])c1. The Balaban J connectivity index is 1.81. The summed E-state index contributed by atoms with van der Waals surface area (Å²) >= 11 is 0. The average molecular weight is 292 g/mol. The number of nitrogens with one attached hydrogen (secondary N) is 1. The van der Waals surface area contributed by atoms with E-state index < -0.39 is 0 Å². The van der Waals surface area contributed by atoms with E-state index in [2.05, 4.69) is 12.2 Å². The summed E-state index contributed by atoms with van der Waals surface area (Å²) in [6, 6.07) is 6.99. The van der Waals surface area contributed by atoms with Gasteiger partial charge >= 0.3 is 0 Å². The van der Waals surface area contributed by atoms with E-state index >= 15 is 0 Å². The predicted octanol–water partition coefficient (Wildman–Crippen LogP) is 3.59. The van der Waals surface area contributed by atoms with Gasteiger partial charge in [0.25, 0.3) is 5.69 Å². The summed E-state index contributed by atoms with van der Waals surface area (Å²) in [5.74, 6) is 0. The number of hydrogen-bond donors (Lipinski definition) is 1. The monoisotopic (exact) mass is 292 g/mol. The van der Waals surface area contributed by atoms with Gasteiger partial charge in [-0.15, -0.1) is 0 Å². The topological polar surface area (TPSA) is 64.4 Å². The quantitative estimate of drug-likeness (QED) is 0.452. The second-order valence-corrected chi connectivity index (χ2v) is 5.54. The largest absolute Gasteiger partial charge is 0.377 e. The Morgan fingerprint density at radius 3 is 2.86 bits per heavy atom. The minimum Gasteiger partial charge on any atom is -0.377 e. The highest BCUT2D eigenvalue weighted by atomic mass is 16.6. The molecule has 21 heavy (non-hydrogen) atoms. The maximum atomic E-state index is 10.8. The minimum atomic E-state index is -0.348. The van der Waals surface area contributed by atoms with Crippen molar-refractivity contribution >= 4 is 5.69 Å². The van der Waals surface area contributed by atoms with Crippen LogP contribution in [0.4, 0.5) is 5.69 Å². The molecule has 0 saturated heterocycles. The first-order valence-electron chi connectivity index (χ1n) is 7.80. The highest BCUT2D eigenvalue weighted by Crippen LogP contribution is 2.22. The molecular formula is C16H24N2O3. The first-order chi connectivity index (χ1) is 10.2. The molecule has 5 nitrogen and oxygen atoms in total. The lowest BCUT2D eigenvalue weighted by Crippen LogP contribution is -2.26. The van der Waals surface area contributed by atoms with Gasteiger partial charge in [-0.1, -0.05) is 31.9 Å². The van der Waals surface area contributed by atoms with Gasteiger partial charge in [0.15, 0.2) is 0 Å². The van der Waals surface area contributed by atoms with E-state index in [1.165, 1.54) is 31.7 Å². The van der Waals surface area contributed by atoms with E-state index in [1.54, 1.807) is 12.1 Å². The Labute approximate surface area is 125 Å². The number of nitrogens with zero attached hydrogens (tertiary/aromatic N) is 1. The van der Waals surface area contributed by atoms with Gasteiger partial charge in [0, 0.05) is 24.7 Å². The summed E-state index contributed by atoms with van der Waals surface area (Å²) in [6.07, 6.45) is 6.26. The minimum absolute atomic E-state index is 0.136. The molecule has 0 spiro atoms. The summed E-state index contributed by atoms with van der Waals surface area (Å²) in [7, 11) is 0. The number of nitro groups is 1. The highest BCUT2D eigenvalue weighted by molar-refractivity contribution is 5.35. The van der Waals surface area contributed by atoms with E-state index in [-0.39, 0.29) is 16.7 Å². The molecule has 1 fully saturated rings. The van der Waals surface area contributed by atoms with E-state index in [0.29, 0.717) is 12.7 Å². The molecule has 1 aromatic rings. The second kappa shape index (κ2) is 8.10. The fraction of sp³-hybridized carbons (Fsp3) is 0.625. The third kappa shape index (κ3) is 4.79. The maximum Gasteiger partial charge on any atom is 0.269 e. The number of ether oxygens (including phenoxy) is 1. The van der Waals surface area contributed by atoms with Crippen LogP contribution >= 0.6 is 0 Å². The van der Waals surface area contributed by atoms with Crippen LogP contribution in [-0.2, 0) is 4.74 Å². The Bertz CT molecular complexity index is 459. The third-order valence-corrected chi connectivity index (χ3v) is 4.04. The number of rotatable bonds is 8. The van der Waals surface area contributed by atoms with Crippen LogP contribution in [0.2, 0.25) is 0 Å². The molecule has 116 valence electrons. The van der Waals surface area contributed by atoms with Gasteiger partial charge in [-0.3, -0.25) is 10.1 Å². The summed E-state index contributed by atoms with van der Waals surface area (Å²) in [6.45, 7) is 3.56. The fourth-order valence-electron chi connectivity index (χ4n) is 2.87. The lowest BCUT2D eigenvalue weighted by Gasteiger charge is -2.18. The lowest BCUT2D eigenvalue weighted by atomic mass is 10.0. The zero-order valence-electron chi connectivity index (χ0n) is 12.6. The van der Waals surface area contributed by atoms with Crippen molar-refractivity contribution in [1.29, 1.82) is 0 Å². The summed E-state index contributed by atoms with van der Waals surface area (Å²) < 4.78 is 5.82. The van der Waals surface area contributed by atoms with Crippen molar-refractivity contribution in [2.45, 2.75) is 51.2 Å². The standard InChI is InChI=1S/C16H24N2O3/c1-2-16(13-6-5-7-14(12-13)18(19)20)17-10-11-21-15-8-3-4-9-15/h5-7,12,15-17H,2-4,8-11H2,1H3. The molecular weight excluding hydrogens is 268 g/mol. The Morgan fingerprint density at radius 1 is 1.43 bits per heavy atom. The summed E-state index contributed by atoms with van der Waals surface area (Å²) in [4.78, 5) is 10.5. The van der Waals surface area contributed by atoms with Crippen LogP contribution in [0, 0.1) is 10.1 Å². The second-order valence-electron chi connectivity index (χ2n) is 5.54. The van der Waals surface area contributed by atoms with E-state index in [0.717, 1.165) is 18.5 Å². The zero-order chi connectivity index (χ0) is 15.1. The molecule has 0 amide bonds. The van der Waals surface area contributed by atoms with Gasteiger partial charge in [-0.25, -0.2) is 0 Å². The van der Waals surface area contributed by atoms with Crippen LogP contribution in [0.1, 0.15) is 50.6 Å². The molecule has 2 rings (SSSR count). The Hall–Kier alpha value is -1.46. The molecule has 0 bridgehead atoms. The van der Waals surface area contributed by atoms with Crippen LogP contribution in [0.15, 0.2) is 24.3 Å². The third-order valence-electron chi connectivity index (χ3n) is 4.04. The van der Waals surface area contributed by atoms with Gasteiger partial charge in [0.2, 0.25) is 0 Å². The molecule has 1 aliphatic carbocycles. The van der Waals surface area contributed by atoms with Gasteiger partial charge in [0.05, 0.1) is 17.6 Å². The van der Waals surface area contributed by atoms with E-state index in [9.17, 15) is 10.1 Å². The van der Waals surface area contributed by atoms with Crippen molar-refractivity contribution in [3.05, 3.63) is 39.9 Å². The fourth-order valence-corrected chi connectivity index (χ4v) is 2.87. The number of non-ortho nitro benzene ring substituents is 1. The van der Waals surface area contributed by atoms with Crippen LogP contribution < -0.4 is 5.32 Å². The molecule has 1 aliphatic rings. The van der Waals surface area contributed by atoms with Gasteiger partial charge < -0.3 is 10.1 Å². The van der Waals surface area contributed by atoms with Crippen molar-refractivity contribution < 1.29 is 9.66 Å². The van der Waals surface area contributed by atoms with Crippen LogP contribution in [-0.4, -0.2) is 24.2 Å². The molecule has 1 unspecified atom stereocenters. The van der Waals surface area contributed by atoms with Crippen molar-refractivity contribution in [2.75, 3.05) is 13.2 Å². The molecule has 1 N–H and O–H groups in total. The van der Waals surface area contributed by atoms with E-state index in [4.69, 9.17) is 4.74 Å². The normalized spacial score (nSPS) is 17.0. The number of benzene rings is 1. The molecule has 0 heterocycles. The van der Waals surface area contributed by atoms with Crippen LogP contribution in [0.25, 0.3) is 0 Å². The Kier molecular flexibility index (Phi) is 6.14. The van der Waals surface area contributed by atoms with Crippen LogP contribution in [0.5, 0.6) is 0 Å². The summed E-state index contributed by atoms with van der Waals surface area (Å²) in [5.41, 5.74) is 1.11. The van der Waals surface area contributed by atoms with Crippen molar-refractivity contribution in [3.8, 4) is 0 Å². The van der Waals surface area contributed by atoms with Gasteiger partial charge in [0.1, 0.15) is 0 Å². The highest BCUT2D eigenvalue weighted by Gasteiger charge is 2.16. The van der Waals surface area contributed by atoms with Crippen molar-refractivity contribution in [3.63, 3.8) is 0 Å². The Morgan fingerprint density at radius 2 is 2.19 bits per heavy atom. The zero-order valence-corrected chi connectivity index (χ0v) is 12.6. The first kappa shape index (κ1) is 15.9. The first-order valence-corrected chi connectivity index (χ1v) is 7.80. The van der Waals surface area contributed by atoms with Crippen LogP contribution in [0.3, 0.4) is 0 Å². The average Bonchev–Trinajstić information content (AvgIpc) is 3.01. The molecule has 0 radical (unpaired) electrons. The summed E-state index contributed by atoms with van der Waals surface area (Å²) in [5, 5.41) is 14.3. The van der Waals surface area contributed by atoms with E-state index in [1.807, 2.05) is 6.07 Å².